The van der Waals surface area contributed by atoms with Crippen LogP contribution in [0.5, 0.6) is 0 Å². The van der Waals surface area contributed by atoms with Crippen molar-refractivity contribution in [2.75, 3.05) is 5.75 Å². The number of rotatable bonds is 2. The topological polar surface area (TPSA) is 0 Å². The molecule has 0 aliphatic heterocycles. The van der Waals surface area contributed by atoms with Crippen LogP contribution in [0.3, 0.4) is 0 Å². The molecule has 0 aromatic heterocycles. The molecule has 0 unspecified atom stereocenters. The number of hydrogen-bond acceptors (Lipinski definition) is 1. The van der Waals surface area contributed by atoms with Crippen LogP contribution < -0.4 is 0 Å². The fourth-order valence-corrected chi connectivity index (χ4v) is 1.08. The summed E-state index contributed by atoms with van der Waals surface area (Å²) in [4.78, 5) is 0. The monoisotopic (exact) mass is 156 g/mol. The average Bonchev–Trinajstić information content (AvgIpc) is 1.88. The molecule has 0 aliphatic carbocycles. The summed E-state index contributed by atoms with van der Waals surface area (Å²) in [7, 11) is 0. The fraction of sp³-hybridized carbons (Fsp3) is 0.250. The third kappa shape index (κ3) is 2.03. The van der Waals surface area contributed by atoms with E-state index in [-0.39, 0.29) is 5.82 Å². The molecular weight excluding hydrogens is 147 g/mol. The Balaban J connectivity index is 2.75. The lowest BCUT2D eigenvalue weighted by Gasteiger charge is -1.95. The summed E-state index contributed by atoms with van der Waals surface area (Å²) in [6.07, 6.45) is 0.834. The Hall–Kier alpha value is -0.500. The highest BCUT2D eigenvalue weighted by Crippen LogP contribution is 2.04. The molecule has 0 radical (unpaired) electrons. The molecule has 1 aromatic carbocycles. The Morgan fingerprint density at radius 1 is 1.40 bits per heavy atom. The first-order valence-electron chi connectivity index (χ1n) is 3.18. The predicted molar refractivity (Wildman–Crippen MR) is 44.0 cm³/mol. The maximum atomic E-state index is 12.5. The highest BCUT2D eigenvalue weighted by Gasteiger charge is 1.91. The molecule has 1 aromatic rings. The smallest absolute Gasteiger partial charge is 0.123 e. The minimum atomic E-state index is -0.167. The molecule has 0 saturated heterocycles. The Kier molecular flexibility index (Phi) is 2.75. The van der Waals surface area contributed by atoms with Crippen molar-refractivity contribution in [2.24, 2.45) is 0 Å². The first-order chi connectivity index (χ1) is 4.83. The van der Waals surface area contributed by atoms with Gasteiger partial charge in [0.2, 0.25) is 0 Å². The van der Waals surface area contributed by atoms with Crippen LogP contribution in [0.1, 0.15) is 5.56 Å². The number of aryl methyl sites for hydroxylation is 1. The Labute approximate surface area is 65.5 Å². The lowest BCUT2D eigenvalue weighted by atomic mass is 10.2. The second-order valence-electron chi connectivity index (χ2n) is 2.10. The lowest BCUT2D eigenvalue weighted by molar-refractivity contribution is 0.626. The van der Waals surface area contributed by atoms with E-state index in [9.17, 15) is 4.39 Å². The van der Waals surface area contributed by atoms with E-state index < -0.39 is 0 Å². The van der Waals surface area contributed by atoms with Crippen molar-refractivity contribution in [1.82, 2.24) is 0 Å². The van der Waals surface area contributed by atoms with Gasteiger partial charge in [0.15, 0.2) is 0 Å². The van der Waals surface area contributed by atoms with Crippen LogP contribution in [0.15, 0.2) is 24.3 Å². The molecule has 54 valence electrons. The van der Waals surface area contributed by atoms with Crippen molar-refractivity contribution in [3.05, 3.63) is 35.6 Å². The Morgan fingerprint density at radius 3 is 2.80 bits per heavy atom. The third-order valence-electron chi connectivity index (χ3n) is 1.29. The van der Waals surface area contributed by atoms with Gasteiger partial charge in [-0.15, -0.1) is 0 Å². The Morgan fingerprint density at radius 2 is 2.20 bits per heavy atom. The fourth-order valence-electron chi connectivity index (χ4n) is 0.822. The molecule has 0 fully saturated rings. The van der Waals surface area contributed by atoms with Crippen LogP contribution in [0.2, 0.25) is 0 Å². The first-order valence-corrected chi connectivity index (χ1v) is 3.81. The zero-order chi connectivity index (χ0) is 7.40. The molecule has 0 aliphatic rings. The highest BCUT2D eigenvalue weighted by atomic mass is 32.1. The molecule has 1 rings (SSSR count). The second-order valence-corrected chi connectivity index (χ2v) is 2.55. The molecule has 0 bridgehead atoms. The lowest BCUT2D eigenvalue weighted by Crippen LogP contribution is -1.85. The summed E-state index contributed by atoms with van der Waals surface area (Å²) in [5.41, 5.74) is 1.01. The summed E-state index contributed by atoms with van der Waals surface area (Å²) in [5, 5.41) is 0. The van der Waals surface area contributed by atoms with Gasteiger partial charge in [0.25, 0.3) is 0 Å². The first kappa shape index (κ1) is 7.61. The maximum Gasteiger partial charge on any atom is 0.123 e. The summed E-state index contributed by atoms with van der Waals surface area (Å²) in [6, 6.07) is 6.60. The maximum absolute atomic E-state index is 12.5. The summed E-state index contributed by atoms with van der Waals surface area (Å²) in [5.74, 6) is 0.600. The molecule has 0 atom stereocenters. The summed E-state index contributed by atoms with van der Waals surface area (Å²) in [6.45, 7) is 0. The van der Waals surface area contributed by atoms with Crippen molar-refractivity contribution in [3.8, 4) is 0 Å². The molecule has 0 spiro atoms. The van der Waals surface area contributed by atoms with Crippen molar-refractivity contribution in [1.29, 1.82) is 0 Å². The molecule has 0 heterocycles. The summed E-state index contributed by atoms with van der Waals surface area (Å²) >= 11 is 4.04. The highest BCUT2D eigenvalue weighted by molar-refractivity contribution is 7.80. The van der Waals surface area contributed by atoms with E-state index in [1.165, 1.54) is 12.1 Å². The zero-order valence-corrected chi connectivity index (χ0v) is 6.44. The van der Waals surface area contributed by atoms with Gasteiger partial charge in [0.05, 0.1) is 0 Å². The molecular formula is C8H9FS. The van der Waals surface area contributed by atoms with E-state index in [4.69, 9.17) is 0 Å². The van der Waals surface area contributed by atoms with Gasteiger partial charge in [-0.3, -0.25) is 0 Å². The van der Waals surface area contributed by atoms with E-state index in [1.807, 2.05) is 6.07 Å². The number of hydrogen-bond donors (Lipinski definition) is 1. The van der Waals surface area contributed by atoms with Crippen LogP contribution >= 0.6 is 12.6 Å². The van der Waals surface area contributed by atoms with Crippen LogP contribution in [0.4, 0.5) is 4.39 Å². The van der Waals surface area contributed by atoms with Crippen LogP contribution in [0.25, 0.3) is 0 Å². The normalized spacial score (nSPS) is 9.80. The molecule has 0 amide bonds. The minimum Gasteiger partial charge on any atom is -0.207 e. The van der Waals surface area contributed by atoms with E-state index in [2.05, 4.69) is 12.6 Å². The quantitative estimate of drug-likeness (QED) is 0.624. The number of thiol groups is 1. The molecule has 0 N–H and O–H groups in total. The number of benzene rings is 1. The minimum absolute atomic E-state index is 0.167. The van der Waals surface area contributed by atoms with Gasteiger partial charge < -0.3 is 0 Å². The largest absolute Gasteiger partial charge is 0.207 e. The van der Waals surface area contributed by atoms with Crippen LogP contribution in [-0.2, 0) is 6.42 Å². The summed E-state index contributed by atoms with van der Waals surface area (Å²) < 4.78 is 12.5. The van der Waals surface area contributed by atoms with Crippen LogP contribution in [0, 0.1) is 5.82 Å². The van der Waals surface area contributed by atoms with Gasteiger partial charge in [0, 0.05) is 0 Å². The van der Waals surface area contributed by atoms with E-state index in [0.29, 0.717) is 0 Å². The van der Waals surface area contributed by atoms with Crippen molar-refractivity contribution < 1.29 is 4.39 Å². The van der Waals surface area contributed by atoms with Gasteiger partial charge >= 0.3 is 0 Å². The Bertz CT molecular complexity index is 210. The van der Waals surface area contributed by atoms with Crippen molar-refractivity contribution >= 4 is 12.6 Å². The second kappa shape index (κ2) is 3.62. The van der Waals surface area contributed by atoms with Gasteiger partial charge in [0.1, 0.15) is 5.82 Å². The van der Waals surface area contributed by atoms with Crippen molar-refractivity contribution in [3.63, 3.8) is 0 Å². The molecule has 10 heavy (non-hydrogen) atoms. The zero-order valence-electron chi connectivity index (χ0n) is 5.55. The SMILES string of the molecule is Fc1cccc(CCS)c1. The van der Waals surface area contributed by atoms with Crippen molar-refractivity contribution in [2.45, 2.75) is 6.42 Å². The van der Waals surface area contributed by atoms with E-state index in [0.717, 1.165) is 17.7 Å². The van der Waals surface area contributed by atoms with E-state index >= 15 is 0 Å². The standard InChI is InChI=1S/C8H9FS/c9-8-3-1-2-7(6-8)4-5-10/h1-3,6,10H,4-5H2. The van der Waals surface area contributed by atoms with Gasteiger partial charge in [-0.2, -0.15) is 12.6 Å². The van der Waals surface area contributed by atoms with Gasteiger partial charge in [-0.1, -0.05) is 12.1 Å². The van der Waals surface area contributed by atoms with Gasteiger partial charge in [-0.05, 0) is 29.9 Å². The van der Waals surface area contributed by atoms with Crippen LogP contribution in [-0.4, -0.2) is 5.75 Å². The molecule has 0 saturated carbocycles. The molecule has 2 heteroatoms. The van der Waals surface area contributed by atoms with E-state index in [1.54, 1.807) is 6.07 Å². The predicted octanol–water partition coefficient (Wildman–Crippen LogP) is 2.30. The third-order valence-corrected chi connectivity index (χ3v) is 1.51. The number of halogens is 1. The molecule has 0 nitrogen and oxygen atoms in total. The average molecular weight is 156 g/mol. The van der Waals surface area contributed by atoms with Gasteiger partial charge in [-0.25, -0.2) is 4.39 Å².